The van der Waals surface area contributed by atoms with Crippen molar-refractivity contribution in [2.75, 3.05) is 6.26 Å². The average Bonchev–Trinajstić information content (AvgIpc) is 2.01. The molecule has 76 valence electrons. The topological polar surface area (TPSA) is 77.0 Å². The molecule has 0 radical (unpaired) electrons. The number of carbonyl (C=O) groups excluding carboxylic acids is 1. The quantitative estimate of drug-likeness (QED) is 0.665. The van der Waals surface area contributed by atoms with Crippen LogP contribution in [-0.2, 0) is 9.84 Å². The lowest BCUT2D eigenvalue weighted by molar-refractivity contribution is 0.100. The number of sulfone groups is 1. The number of rotatable bonds is 2. The van der Waals surface area contributed by atoms with E-state index in [1.165, 1.54) is 13.8 Å². The predicted molar refractivity (Wildman–Crippen MR) is 49.9 cm³/mol. The molecule has 0 aliphatic carbocycles. The number of Topliss-reactive ketones (excluding diaryl/α,β-unsaturated/α-hetero) is 1. The van der Waals surface area contributed by atoms with Crippen LogP contribution in [0.3, 0.4) is 0 Å². The van der Waals surface area contributed by atoms with E-state index in [0.29, 0.717) is 5.69 Å². The monoisotopic (exact) mass is 214 g/mol. The van der Waals surface area contributed by atoms with Crippen LogP contribution in [0.15, 0.2) is 11.1 Å². The number of carbonyl (C=O) groups is 1. The van der Waals surface area contributed by atoms with Crippen molar-refractivity contribution in [1.29, 1.82) is 0 Å². The van der Waals surface area contributed by atoms with E-state index in [1.54, 1.807) is 0 Å². The number of nitrogens with zero attached hydrogens (tertiary/aromatic N) is 2. The molecule has 0 aliphatic heterocycles. The summed E-state index contributed by atoms with van der Waals surface area (Å²) in [7, 11) is -3.31. The maximum Gasteiger partial charge on any atom is 0.196 e. The minimum atomic E-state index is -3.31. The van der Waals surface area contributed by atoms with Crippen LogP contribution >= 0.6 is 0 Å². The van der Waals surface area contributed by atoms with Gasteiger partial charge in [0.05, 0.1) is 5.69 Å². The number of hydrogen-bond donors (Lipinski definition) is 0. The SMILES string of the molecule is CC(=O)c1ncc(S(C)(=O)=O)c(C)n1. The van der Waals surface area contributed by atoms with Crippen LogP contribution in [-0.4, -0.2) is 30.4 Å². The Kier molecular flexibility index (Phi) is 2.66. The van der Waals surface area contributed by atoms with Crippen molar-refractivity contribution < 1.29 is 13.2 Å². The first-order chi connectivity index (χ1) is 6.32. The summed E-state index contributed by atoms with van der Waals surface area (Å²) in [5, 5.41) is 0. The molecule has 0 spiro atoms. The lowest BCUT2D eigenvalue weighted by atomic mass is 10.4. The Hall–Kier alpha value is -1.30. The fraction of sp³-hybridized carbons (Fsp3) is 0.375. The zero-order valence-corrected chi connectivity index (χ0v) is 8.92. The molecule has 6 heteroatoms. The molecule has 1 heterocycles. The van der Waals surface area contributed by atoms with E-state index in [1.807, 2.05) is 0 Å². The molecule has 1 aromatic heterocycles. The first-order valence-electron chi connectivity index (χ1n) is 3.87. The number of ketones is 1. The van der Waals surface area contributed by atoms with E-state index in [0.717, 1.165) is 12.5 Å². The maximum atomic E-state index is 11.2. The third kappa shape index (κ3) is 2.14. The van der Waals surface area contributed by atoms with Gasteiger partial charge in [-0.15, -0.1) is 0 Å². The minimum Gasteiger partial charge on any atom is -0.291 e. The molecule has 0 saturated carbocycles. The van der Waals surface area contributed by atoms with Gasteiger partial charge in [-0.2, -0.15) is 0 Å². The smallest absolute Gasteiger partial charge is 0.196 e. The molecule has 5 nitrogen and oxygen atoms in total. The van der Waals surface area contributed by atoms with E-state index >= 15 is 0 Å². The summed E-state index contributed by atoms with van der Waals surface area (Å²) >= 11 is 0. The highest BCUT2D eigenvalue weighted by molar-refractivity contribution is 7.90. The maximum absolute atomic E-state index is 11.2. The van der Waals surface area contributed by atoms with Crippen molar-refractivity contribution in [2.24, 2.45) is 0 Å². The molecule has 0 fully saturated rings. The summed E-state index contributed by atoms with van der Waals surface area (Å²) in [6.07, 6.45) is 2.24. The second kappa shape index (κ2) is 3.45. The molecule has 0 bridgehead atoms. The van der Waals surface area contributed by atoms with Crippen molar-refractivity contribution in [1.82, 2.24) is 9.97 Å². The van der Waals surface area contributed by atoms with Crippen LogP contribution in [0.4, 0.5) is 0 Å². The fourth-order valence-corrected chi connectivity index (χ4v) is 1.82. The zero-order chi connectivity index (χ0) is 10.9. The Balaban J connectivity index is 3.35. The zero-order valence-electron chi connectivity index (χ0n) is 8.10. The molecular weight excluding hydrogens is 204 g/mol. The summed E-state index contributed by atoms with van der Waals surface area (Å²) in [6.45, 7) is 2.86. The van der Waals surface area contributed by atoms with Gasteiger partial charge in [0, 0.05) is 19.4 Å². The summed E-state index contributed by atoms with van der Waals surface area (Å²) < 4.78 is 22.3. The average molecular weight is 214 g/mol. The van der Waals surface area contributed by atoms with Crippen molar-refractivity contribution in [3.63, 3.8) is 0 Å². The van der Waals surface area contributed by atoms with Crippen LogP contribution in [0, 0.1) is 6.92 Å². The van der Waals surface area contributed by atoms with Crippen molar-refractivity contribution in [3.05, 3.63) is 17.7 Å². The highest BCUT2D eigenvalue weighted by Gasteiger charge is 2.14. The molecule has 0 saturated heterocycles. The molecule has 14 heavy (non-hydrogen) atoms. The van der Waals surface area contributed by atoms with Gasteiger partial charge >= 0.3 is 0 Å². The number of hydrogen-bond acceptors (Lipinski definition) is 5. The van der Waals surface area contributed by atoms with E-state index in [9.17, 15) is 13.2 Å². The molecule has 0 aromatic carbocycles. The molecule has 0 N–H and O–H groups in total. The van der Waals surface area contributed by atoms with Gasteiger partial charge in [0.2, 0.25) is 0 Å². The van der Waals surface area contributed by atoms with Crippen LogP contribution in [0.5, 0.6) is 0 Å². The van der Waals surface area contributed by atoms with E-state index in [2.05, 4.69) is 9.97 Å². The van der Waals surface area contributed by atoms with Gasteiger partial charge in [-0.3, -0.25) is 4.79 Å². The van der Waals surface area contributed by atoms with Crippen LogP contribution in [0.25, 0.3) is 0 Å². The molecule has 1 rings (SSSR count). The van der Waals surface area contributed by atoms with Crippen molar-refractivity contribution in [3.8, 4) is 0 Å². The third-order valence-electron chi connectivity index (χ3n) is 1.65. The molecule has 0 atom stereocenters. The standard InChI is InChI=1S/C8H10N2O3S/c1-5-7(14(3,12)13)4-9-8(10-5)6(2)11/h4H,1-3H3. The van der Waals surface area contributed by atoms with E-state index in [4.69, 9.17) is 0 Å². The fourth-order valence-electron chi connectivity index (χ4n) is 0.990. The first-order valence-corrected chi connectivity index (χ1v) is 5.76. The van der Waals surface area contributed by atoms with Crippen LogP contribution in [0.2, 0.25) is 0 Å². The second-order valence-electron chi connectivity index (χ2n) is 2.97. The normalized spacial score (nSPS) is 11.4. The van der Waals surface area contributed by atoms with Crippen LogP contribution < -0.4 is 0 Å². The van der Waals surface area contributed by atoms with E-state index < -0.39 is 9.84 Å². The van der Waals surface area contributed by atoms with E-state index in [-0.39, 0.29) is 16.5 Å². The predicted octanol–water partition coefficient (Wildman–Crippen LogP) is 0.391. The van der Waals surface area contributed by atoms with Gasteiger partial charge in [0.1, 0.15) is 4.90 Å². The van der Waals surface area contributed by atoms with Gasteiger partial charge in [0.15, 0.2) is 21.4 Å². The van der Waals surface area contributed by atoms with Gasteiger partial charge < -0.3 is 0 Å². The minimum absolute atomic E-state index is 0.0369. The largest absolute Gasteiger partial charge is 0.291 e. The molecular formula is C8H10N2O3S. The molecule has 0 aliphatic rings. The van der Waals surface area contributed by atoms with Crippen molar-refractivity contribution in [2.45, 2.75) is 18.7 Å². The molecule has 1 aromatic rings. The lowest BCUT2D eigenvalue weighted by Crippen LogP contribution is -2.08. The Bertz CT molecular complexity index is 479. The third-order valence-corrected chi connectivity index (χ3v) is 2.85. The number of aromatic nitrogens is 2. The summed E-state index contributed by atoms with van der Waals surface area (Å²) in [6, 6.07) is 0. The van der Waals surface area contributed by atoms with Gasteiger partial charge in [0.25, 0.3) is 0 Å². The van der Waals surface area contributed by atoms with Gasteiger partial charge in [-0.05, 0) is 6.92 Å². The molecule has 0 amide bonds. The summed E-state index contributed by atoms with van der Waals surface area (Å²) in [5.41, 5.74) is 0.299. The van der Waals surface area contributed by atoms with Gasteiger partial charge in [-0.1, -0.05) is 0 Å². The second-order valence-corrected chi connectivity index (χ2v) is 4.96. The van der Waals surface area contributed by atoms with Crippen LogP contribution in [0.1, 0.15) is 23.2 Å². The Labute approximate surface area is 82.1 Å². The number of aryl methyl sites for hydroxylation is 1. The van der Waals surface area contributed by atoms with Gasteiger partial charge in [-0.25, -0.2) is 18.4 Å². The first kappa shape index (κ1) is 10.8. The summed E-state index contributed by atoms with van der Waals surface area (Å²) in [4.78, 5) is 18.4. The summed E-state index contributed by atoms with van der Waals surface area (Å²) in [5.74, 6) is -0.247. The molecule has 0 unspecified atom stereocenters. The highest BCUT2D eigenvalue weighted by atomic mass is 32.2. The Morgan fingerprint density at radius 3 is 2.36 bits per heavy atom. The lowest BCUT2D eigenvalue weighted by Gasteiger charge is -2.02. The highest BCUT2D eigenvalue weighted by Crippen LogP contribution is 2.11. The Morgan fingerprint density at radius 1 is 1.43 bits per heavy atom. The van der Waals surface area contributed by atoms with Crippen molar-refractivity contribution >= 4 is 15.6 Å². The Morgan fingerprint density at radius 2 is 2.00 bits per heavy atom.